The number of amides is 1. The van der Waals surface area contributed by atoms with Gasteiger partial charge in [0.15, 0.2) is 6.10 Å². The largest absolute Gasteiger partial charge is 0.479 e. The van der Waals surface area contributed by atoms with Crippen LogP contribution in [-0.2, 0) is 14.8 Å². The lowest BCUT2D eigenvalue weighted by molar-refractivity contribution is -0.122. The van der Waals surface area contributed by atoms with Gasteiger partial charge in [-0.1, -0.05) is 40.9 Å². The van der Waals surface area contributed by atoms with Crippen LogP contribution in [0.4, 0.5) is 11.4 Å². The lowest BCUT2D eigenvalue weighted by Crippen LogP contribution is -2.30. The summed E-state index contributed by atoms with van der Waals surface area (Å²) in [6.45, 7) is 5.35. The van der Waals surface area contributed by atoms with Crippen molar-refractivity contribution in [3.05, 3.63) is 81.8 Å². The quantitative estimate of drug-likeness (QED) is 0.435. The number of halogens is 2. The molecule has 0 bridgehead atoms. The Hall–Kier alpha value is -2.74. The Morgan fingerprint density at radius 3 is 2.28 bits per heavy atom. The van der Waals surface area contributed by atoms with Gasteiger partial charge >= 0.3 is 0 Å². The van der Waals surface area contributed by atoms with Crippen LogP contribution >= 0.6 is 23.2 Å². The van der Waals surface area contributed by atoms with Gasteiger partial charge in [0.05, 0.1) is 15.6 Å². The number of aryl methyl sites for hydroxylation is 2. The highest BCUT2D eigenvalue weighted by molar-refractivity contribution is 7.92. The molecule has 0 spiro atoms. The number of carbonyl (C=O) groups is 1. The number of anilines is 2. The van der Waals surface area contributed by atoms with Crippen LogP contribution < -0.4 is 14.8 Å². The van der Waals surface area contributed by atoms with E-state index in [1.165, 1.54) is 30.3 Å². The van der Waals surface area contributed by atoms with Crippen LogP contribution in [0, 0.1) is 13.8 Å². The van der Waals surface area contributed by atoms with Crippen LogP contribution in [0.1, 0.15) is 18.1 Å². The van der Waals surface area contributed by atoms with E-state index in [0.29, 0.717) is 27.2 Å². The molecule has 0 saturated carbocycles. The lowest BCUT2D eigenvalue weighted by Gasteiger charge is -2.16. The van der Waals surface area contributed by atoms with Crippen LogP contribution in [0.15, 0.2) is 65.6 Å². The Kier molecular flexibility index (Phi) is 7.33. The third-order valence-electron chi connectivity index (χ3n) is 4.63. The van der Waals surface area contributed by atoms with Crippen molar-refractivity contribution in [3.8, 4) is 5.75 Å². The zero-order chi connectivity index (χ0) is 23.5. The van der Waals surface area contributed by atoms with Gasteiger partial charge in [-0.15, -0.1) is 0 Å². The number of benzene rings is 3. The molecule has 0 heterocycles. The maximum atomic E-state index is 12.7. The van der Waals surface area contributed by atoms with Crippen molar-refractivity contribution in [2.75, 3.05) is 10.0 Å². The van der Waals surface area contributed by atoms with Gasteiger partial charge < -0.3 is 10.1 Å². The summed E-state index contributed by atoms with van der Waals surface area (Å²) in [5.74, 6) is -0.0855. The first-order valence-electron chi connectivity index (χ1n) is 9.68. The number of carbonyl (C=O) groups excluding carboxylic acids is 1. The van der Waals surface area contributed by atoms with Gasteiger partial charge in [0.2, 0.25) is 0 Å². The Balaban J connectivity index is 1.66. The fraction of sp³-hybridized carbons (Fsp3) is 0.174. The minimum absolute atomic E-state index is 0.0766. The van der Waals surface area contributed by atoms with Crippen LogP contribution in [-0.4, -0.2) is 20.4 Å². The molecule has 3 rings (SSSR count). The SMILES string of the molecule is Cc1ccc(NS(=O)(=O)c2ccc(NC(=O)[C@@H](C)Oc3ccc(Cl)cc3Cl)cc2)c(C)c1. The number of sulfonamides is 1. The second-order valence-corrected chi connectivity index (χ2v) is 9.80. The molecule has 0 aliphatic carbocycles. The second-order valence-electron chi connectivity index (χ2n) is 7.27. The molecule has 0 aliphatic rings. The van der Waals surface area contributed by atoms with Crippen LogP contribution in [0.2, 0.25) is 10.0 Å². The standard InChI is InChI=1S/C23H22Cl2N2O4S/c1-14-4-10-21(15(2)12-14)27-32(29,30)19-8-6-18(7-9-19)26-23(28)16(3)31-22-11-5-17(24)13-20(22)25/h4-13,16,27H,1-3H3,(H,26,28)/t16-/m1/s1. The van der Waals surface area contributed by atoms with E-state index >= 15 is 0 Å². The smallest absolute Gasteiger partial charge is 0.265 e. The Morgan fingerprint density at radius 1 is 0.969 bits per heavy atom. The van der Waals surface area contributed by atoms with Gasteiger partial charge in [0.1, 0.15) is 5.75 Å². The van der Waals surface area contributed by atoms with Crippen molar-refractivity contribution in [2.45, 2.75) is 31.8 Å². The highest BCUT2D eigenvalue weighted by Crippen LogP contribution is 2.28. The van der Waals surface area contributed by atoms with Crippen molar-refractivity contribution < 1.29 is 17.9 Å². The summed E-state index contributed by atoms with van der Waals surface area (Å²) >= 11 is 11.9. The molecular formula is C23H22Cl2N2O4S. The summed E-state index contributed by atoms with van der Waals surface area (Å²) < 4.78 is 33.6. The van der Waals surface area contributed by atoms with E-state index in [1.807, 2.05) is 26.0 Å². The fourth-order valence-corrected chi connectivity index (χ4v) is 4.49. The predicted molar refractivity (Wildman–Crippen MR) is 128 cm³/mol. The van der Waals surface area contributed by atoms with E-state index in [-0.39, 0.29) is 4.90 Å². The molecule has 32 heavy (non-hydrogen) atoms. The first-order chi connectivity index (χ1) is 15.0. The topological polar surface area (TPSA) is 84.5 Å². The highest BCUT2D eigenvalue weighted by Gasteiger charge is 2.18. The average molecular weight is 493 g/mol. The molecule has 0 unspecified atom stereocenters. The molecule has 168 valence electrons. The van der Waals surface area contributed by atoms with E-state index < -0.39 is 22.0 Å². The first-order valence-corrected chi connectivity index (χ1v) is 11.9. The molecule has 0 aliphatic heterocycles. The summed E-state index contributed by atoms with van der Waals surface area (Å²) in [7, 11) is -3.77. The van der Waals surface area contributed by atoms with Crippen LogP contribution in [0.3, 0.4) is 0 Å². The summed E-state index contributed by atoms with van der Waals surface area (Å²) in [4.78, 5) is 12.5. The molecule has 0 saturated heterocycles. The number of nitrogens with one attached hydrogen (secondary N) is 2. The van der Waals surface area contributed by atoms with Gasteiger partial charge in [-0.05, 0) is 74.9 Å². The monoisotopic (exact) mass is 492 g/mol. The third kappa shape index (κ3) is 5.94. The molecule has 1 atom stereocenters. The minimum atomic E-state index is -3.77. The van der Waals surface area contributed by atoms with E-state index in [1.54, 1.807) is 25.1 Å². The zero-order valence-corrected chi connectivity index (χ0v) is 20.0. The van der Waals surface area contributed by atoms with Crippen molar-refractivity contribution in [2.24, 2.45) is 0 Å². The molecule has 0 aromatic heterocycles. The average Bonchev–Trinajstić information content (AvgIpc) is 2.72. The molecule has 6 nitrogen and oxygen atoms in total. The molecule has 9 heteroatoms. The third-order valence-corrected chi connectivity index (χ3v) is 6.54. The van der Waals surface area contributed by atoms with Crippen molar-refractivity contribution >= 4 is 50.5 Å². The van der Waals surface area contributed by atoms with Gasteiger partial charge in [0.25, 0.3) is 15.9 Å². The lowest BCUT2D eigenvalue weighted by atomic mass is 10.1. The number of hydrogen-bond acceptors (Lipinski definition) is 4. The molecule has 0 fully saturated rings. The van der Waals surface area contributed by atoms with Gasteiger partial charge in [-0.2, -0.15) is 0 Å². The highest BCUT2D eigenvalue weighted by atomic mass is 35.5. The first kappa shape index (κ1) is 23.9. The maximum Gasteiger partial charge on any atom is 0.265 e. The fourth-order valence-electron chi connectivity index (χ4n) is 2.91. The summed E-state index contributed by atoms with van der Waals surface area (Å²) in [5.41, 5.74) is 2.81. The molecule has 3 aromatic carbocycles. The number of hydrogen-bond donors (Lipinski definition) is 2. The van der Waals surface area contributed by atoms with Crippen molar-refractivity contribution in [3.63, 3.8) is 0 Å². The van der Waals surface area contributed by atoms with Crippen LogP contribution in [0.25, 0.3) is 0 Å². The summed E-state index contributed by atoms with van der Waals surface area (Å²) in [6, 6.07) is 16.0. The number of rotatable bonds is 7. The summed E-state index contributed by atoms with van der Waals surface area (Å²) in [5, 5.41) is 3.44. The van der Waals surface area contributed by atoms with Crippen molar-refractivity contribution in [1.29, 1.82) is 0 Å². The molecular weight excluding hydrogens is 471 g/mol. The normalized spacial score (nSPS) is 12.2. The molecule has 3 aromatic rings. The molecule has 0 radical (unpaired) electrons. The molecule has 1 amide bonds. The second kappa shape index (κ2) is 9.81. The molecule has 2 N–H and O–H groups in total. The van der Waals surface area contributed by atoms with Gasteiger partial charge in [0, 0.05) is 10.7 Å². The van der Waals surface area contributed by atoms with Gasteiger partial charge in [-0.25, -0.2) is 8.42 Å². The predicted octanol–water partition coefficient (Wildman–Crippen LogP) is 5.82. The zero-order valence-electron chi connectivity index (χ0n) is 17.6. The van der Waals surface area contributed by atoms with Gasteiger partial charge in [-0.3, -0.25) is 9.52 Å². The van der Waals surface area contributed by atoms with Crippen LogP contribution in [0.5, 0.6) is 5.75 Å². The summed E-state index contributed by atoms with van der Waals surface area (Å²) in [6.07, 6.45) is -0.844. The van der Waals surface area contributed by atoms with Crippen molar-refractivity contribution in [1.82, 2.24) is 0 Å². The number of ether oxygens (including phenoxy) is 1. The maximum absolute atomic E-state index is 12.7. The Labute approximate surface area is 197 Å². The minimum Gasteiger partial charge on any atom is -0.479 e. The Bertz CT molecular complexity index is 1250. The van der Waals surface area contributed by atoms with E-state index in [4.69, 9.17) is 27.9 Å². The van der Waals surface area contributed by atoms with E-state index in [9.17, 15) is 13.2 Å². The Morgan fingerprint density at radius 2 is 1.66 bits per heavy atom. The van der Waals surface area contributed by atoms with E-state index in [0.717, 1.165) is 11.1 Å². The van der Waals surface area contributed by atoms with E-state index in [2.05, 4.69) is 10.0 Å².